The van der Waals surface area contributed by atoms with Gasteiger partial charge >= 0.3 is 0 Å². The minimum Gasteiger partial charge on any atom is -0.494 e. The maximum Gasteiger partial charge on any atom is 0.119 e. The van der Waals surface area contributed by atoms with Gasteiger partial charge in [0.05, 0.1) is 6.61 Å². The summed E-state index contributed by atoms with van der Waals surface area (Å²) in [7, 11) is 0. The molecule has 78 valence electrons. The zero-order valence-electron chi connectivity index (χ0n) is 8.86. The maximum absolute atomic E-state index is 9.12. The lowest BCUT2D eigenvalue weighted by Crippen LogP contribution is -2.02. The van der Waals surface area contributed by atoms with Crippen molar-refractivity contribution in [3.63, 3.8) is 0 Å². The van der Waals surface area contributed by atoms with Crippen LogP contribution in [0.5, 0.6) is 5.75 Å². The predicted octanol–water partition coefficient (Wildman–Crippen LogP) is 2.57. The molecular formula is C12H18O2. The molecule has 1 N–H and O–H groups in total. The van der Waals surface area contributed by atoms with Gasteiger partial charge in [0.1, 0.15) is 5.75 Å². The smallest absolute Gasteiger partial charge is 0.119 e. The SMILES string of the molecule is CCOc1ccc(C(CC)CO)cc1. The van der Waals surface area contributed by atoms with E-state index in [9.17, 15) is 0 Å². The zero-order chi connectivity index (χ0) is 10.4. The molecule has 0 bridgehead atoms. The molecular weight excluding hydrogens is 176 g/mol. The van der Waals surface area contributed by atoms with E-state index in [0.29, 0.717) is 6.61 Å². The van der Waals surface area contributed by atoms with Gasteiger partial charge in [-0.2, -0.15) is 0 Å². The first-order valence-electron chi connectivity index (χ1n) is 5.15. The first-order chi connectivity index (χ1) is 6.81. The lowest BCUT2D eigenvalue weighted by Gasteiger charge is -2.12. The Hall–Kier alpha value is -1.02. The minimum absolute atomic E-state index is 0.213. The summed E-state index contributed by atoms with van der Waals surface area (Å²) in [5.41, 5.74) is 1.18. The van der Waals surface area contributed by atoms with E-state index in [4.69, 9.17) is 9.84 Å². The van der Waals surface area contributed by atoms with E-state index in [1.807, 2.05) is 31.2 Å². The van der Waals surface area contributed by atoms with Crippen LogP contribution in [0.3, 0.4) is 0 Å². The summed E-state index contributed by atoms with van der Waals surface area (Å²) in [4.78, 5) is 0. The van der Waals surface area contributed by atoms with Gasteiger partial charge in [-0.15, -0.1) is 0 Å². The molecule has 0 aliphatic carbocycles. The third kappa shape index (κ3) is 2.74. The largest absolute Gasteiger partial charge is 0.494 e. The molecule has 0 heterocycles. The maximum atomic E-state index is 9.12. The second-order valence-corrected chi connectivity index (χ2v) is 3.29. The van der Waals surface area contributed by atoms with Crippen LogP contribution in [-0.4, -0.2) is 18.3 Å². The van der Waals surface area contributed by atoms with Gasteiger partial charge in [0.15, 0.2) is 0 Å². The highest BCUT2D eigenvalue weighted by Crippen LogP contribution is 2.21. The minimum atomic E-state index is 0.213. The molecule has 1 rings (SSSR count). The van der Waals surface area contributed by atoms with Crippen LogP contribution in [0.2, 0.25) is 0 Å². The molecule has 0 aliphatic heterocycles. The number of aliphatic hydroxyl groups is 1. The summed E-state index contributed by atoms with van der Waals surface area (Å²) in [6.07, 6.45) is 0.963. The summed E-state index contributed by atoms with van der Waals surface area (Å²) >= 11 is 0. The van der Waals surface area contributed by atoms with Crippen molar-refractivity contribution in [2.24, 2.45) is 0 Å². The Morgan fingerprint density at radius 3 is 2.29 bits per heavy atom. The third-order valence-corrected chi connectivity index (χ3v) is 2.38. The standard InChI is InChI=1S/C12H18O2/c1-3-10(9-13)11-5-7-12(8-6-11)14-4-2/h5-8,10,13H,3-4,9H2,1-2H3. The van der Waals surface area contributed by atoms with E-state index >= 15 is 0 Å². The van der Waals surface area contributed by atoms with Crippen molar-refractivity contribution in [3.8, 4) is 5.75 Å². The fourth-order valence-corrected chi connectivity index (χ4v) is 1.47. The molecule has 14 heavy (non-hydrogen) atoms. The van der Waals surface area contributed by atoms with Gasteiger partial charge < -0.3 is 9.84 Å². The average molecular weight is 194 g/mol. The summed E-state index contributed by atoms with van der Waals surface area (Å²) in [5, 5.41) is 9.12. The molecule has 0 radical (unpaired) electrons. The molecule has 0 amide bonds. The van der Waals surface area contributed by atoms with Gasteiger partial charge in [-0.3, -0.25) is 0 Å². The number of hydrogen-bond acceptors (Lipinski definition) is 2. The fraction of sp³-hybridized carbons (Fsp3) is 0.500. The number of benzene rings is 1. The number of aliphatic hydroxyl groups excluding tert-OH is 1. The molecule has 1 atom stereocenters. The van der Waals surface area contributed by atoms with Crippen LogP contribution in [0, 0.1) is 0 Å². The highest BCUT2D eigenvalue weighted by molar-refractivity contribution is 5.29. The highest BCUT2D eigenvalue weighted by atomic mass is 16.5. The Morgan fingerprint density at radius 1 is 1.21 bits per heavy atom. The molecule has 0 saturated carbocycles. The van der Waals surface area contributed by atoms with Crippen LogP contribution in [-0.2, 0) is 0 Å². The lowest BCUT2D eigenvalue weighted by atomic mass is 9.97. The Kier molecular flexibility index (Phi) is 4.47. The summed E-state index contributed by atoms with van der Waals surface area (Å²) in [5.74, 6) is 1.15. The van der Waals surface area contributed by atoms with Crippen molar-refractivity contribution in [3.05, 3.63) is 29.8 Å². The van der Waals surface area contributed by atoms with Gasteiger partial charge in [-0.1, -0.05) is 19.1 Å². The van der Waals surface area contributed by atoms with Gasteiger partial charge in [0, 0.05) is 12.5 Å². The first kappa shape index (κ1) is 11.1. The average Bonchev–Trinajstić information content (AvgIpc) is 2.23. The van der Waals surface area contributed by atoms with E-state index in [0.717, 1.165) is 12.2 Å². The van der Waals surface area contributed by atoms with Crippen LogP contribution in [0.1, 0.15) is 31.7 Å². The fourth-order valence-electron chi connectivity index (χ4n) is 1.47. The van der Waals surface area contributed by atoms with Crippen molar-refractivity contribution in [1.29, 1.82) is 0 Å². The highest BCUT2D eigenvalue weighted by Gasteiger charge is 2.07. The number of rotatable bonds is 5. The molecule has 1 aromatic carbocycles. The molecule has 1 unspecified atom stereocenters. The topological polar surface area (TPSA) is 29.5 Å². The van der Waals surface area contributed by atoms with Gasteiger partial charge in [0.25, 0.3) is 0 Å². The summed E-state index contributed by atoms with van der Waals surface area (Å²) in [6.45, 7) is 4.95. The quantitative estimate of drug-likeness (QED) is 0.780. The van der Waals surface area contributed by atoms with E-state index in [2.05, 4.69) is 6.92 Å². The third-order valence-electron chi connectivity index (χ3n) is 2.38. The Balaban J connectivity index is 2.71. The molecule has 0 fully saturated rings. The van der Waals surface area contributed by atoms with Crippen LogP contribution in [0.4, 0.5) is 0 Å². The molecule has 1 aromatic rings. The lowest BCUT2D eigenvalue weighted by molar-refractivity contribution is 0.262. The molecule has 2 heteroatoms. The van der Waals surface area contributed by atoms with Crippen molar-refractivity contribution in [2.75, 3.05) is 13.2 Å². The molecule has 0 saturated heterocycles. The molecule has 0 aromatic heterocycles. The van der Waals surface area contributed by atoms with Gasteiger partial charge in [-0.05, 0) is 31.0 Å². The van der Waals surface area contributed by atoms with Crippen LogP contribution in [0.25, 0.3) is 0 Å². The summed E-state index contributed by atoms with van der Waals surface area (Å²) in [6, 6.07) is 7.96. The molecule has 2 nitrogen and oxygen atoms in total. The van der Waals surface area contributed by atoms with E-state index in [1.54, 1.807) is 0 Å². The second-order valence-electron chi connectivity index (χ2n) is 3.29. The van der Waals surface area contributed by atoms with Crippen LogP contribution < -0.4 is 4.74 Å². The van der Waals surface area contributed by atoms with E-state index < -0.39 is 0 Å². The zero-order valence-corrected chi connectivity index (χ0v) is 8.86. The Morgan fingerprint density at radius 2 is 1.86 bits per heavy atom. The number of ether oxygens (including phenoxy) is 1. The van der Waals surface area contributed by atoms with Crippen molar-refractivity contribution in [2.45, 2.75) is 26.2 Å². The van der Waals surface area contributed by atoms with Crippen LogP contribution >= 0.6 is 0 Å². The first-order valence-corrected chi connectivity index (χ1v) is 5.15. The van der Waals surface area contributed by atoms with Gasteiger partial charge in [-0.25, -0.2) is 0 Å². The normalized spacial score (nSPS) is 12.5. The van der Waals surface area contributed by atoms with E-state index in [-0.39, 0.29) is 12.5 Å². The monoisotopic (exact) mass is 194 g/mol. The Labute approximate surface area is 85.5 Å². The van der Waals surface area contributed by atoms with Crippen molar-refractivity contribution >= 4 is 0 Å². The van der Waals surface area contributed by atoms with Crippen LogP contribution in [0.15, 0.2) is 24.3 Å². The van der Waals surface area contributed by atoms with Crippen molar-refractivity contribution in [1.82, 2.24) is 0 Å². The van der Waals surface area contributed by atoms with Gasteiger partial charge in [0.2, 0.25) is 0 Å². The van der Waals surface area contributed by atoms with Crippen molar-refractivity contribution < 1.29 is 9.84 Å². The molecule has 0 aliphatic rings. The predicted molar refractivity (Wildman–Crippen MR) is 57.7 cm³/mol. The van der Waals surface area contributed by atoms with E-state index in [1.165, 1.54) is 5.56 Å². The molecule has 0 spiro atoms. The second kappa shape index (κ2) is 5.66. The Bertz CT molecular complexity index is 250. The summed E-state index contributed by atoms with van der Waals surface area (Å²) < 4.78 is 5.35. The number of hydrogen-bond donors (Lipinski definition) is 1.